The van der Waals surface area contributed by atoms with E-state index in [0.29, 0.717) is 13.1 Å². The van der Waals surface area contributed by atoms with Gasteiger partial charge in [0.25, 0.3) is 5.91 Å². The van der Waals surface area contributed by atoms with Crippen molar-refractivity contribution in [2.75, 3.05) is 32.7 Å². The third-order valence-electron chi connectivity index (χ3n) is 5.06. The average molecular weight is 452 g/mol. The molecule has 5 nitrogen and oxygen atoms in total. The van der Waals surface area contributed by atoms with E-state index in [4.69, 9.17) is 23.2 Å². The average Bonchev–Trinajstić information content (AvgIpc) is 2.95. The van der Waals surface area contributed by atoms with Crippen LogP contribution in [0, 0.1) is 5.82 Å². The summed E-state index contributed by atoms with van der Waals surface area (Å²) in [6.07, 6.45) is 1.11. The van der Waals surface area contributed by atoms with Crippen LogP contribution in [0.4, 0.5) is 4.39 Å². The Hall–Kier alpha value is -2.15. The lowest BCUT2D eigenvalue weighted by molar-refractivity contribution is -0.130. The Morgan fingerprint density at radius 2 is 1.77 bits per heavy atom. The van der Waals surface area contributed by atoms with Crippen molar-refractivity contribution in [1.82, 2.24) is 15.1 Å². The topological polar surface area (TPSA) is 52.7 Å². The van der Waals surface area contributed by atoms with E-state index in [0.717, 1.165) is 37.1 Å². The van der Waals surface area contributed by atoms with E-state index in [2.05, 4.69) is 10.2 Å². The summed E-state index contributed by atoms with van der Waals surface area (Å²) in [4.78, 5) is 28.9. The summed E-state index contributed by atoms with van der Waals surface area (Å²) in [5, 5.41) is 3.45. The molecule has 1 heterocycles. The first-order chi connectivity index (χ1) is 14.4. The molecule has 1 N–H and O–H groups in total. The van der Waals surface area contributed by atoms with Gasteiger partial charge in [0.05, 0.1) is 10.6 Å². The molecule has 160 valence electrons. The molecule has 30 heavy (non-hydrogen) atoms. The van der Waals surface area contributed by atoms with E-state index in [1.807, 2.05) is 29.2 Å². The first kappa shape index (κ1) is 22.5. The third-order valence-corrected chi connectivity index (χ3v) is 5.63. The van der Waals surface area contributed by atoms with E-state index in [1.54, 1.807) is 0 Å². The standard InChI is InChI=1S/C22H24Cl2FN3O2/c23-17-4-2-16(3-5-17)15-27-10-1-11-28(13-12-27)21(29)8-9-26-22(30)19-7-6-18(25)14-20(19)24/h2-7,14H,1,8-13,15H2,(H,26,30). The van der Waals surface area contributed by atoms with Crippen LogP contribution in [0.2, 0.25) is 10.0 Å². The Morgan fingerprint density at radius 1 is 1.00 bits per heavy atom. The molecule has 2 aromatic carbocycles. The molecular formula is C22H24Cl2FN3O2. The van der Waals surface area contributed by atoms with Crippen molar-refractivity contribution in [3.8, 4) is 0 Å². The lowest BCUT2D eigenvalue weighted by Gasteiger charge is -2.22. The first-order valence-electron chi connectivity index (χ1n) is 9.90. The van der Waals surface area contributed by atoms with E-state index < -0.39 is 11.7 Å². The van der Waals surface area contributed by atoms with E-state index in [1.165, 1.54) is 17.7 Å². The Morgan fingerprint density at radius 3 is 2.50 bits per heavy atom. The third kappa shape index (κ3) is 6.42. The zero-order valence-corrected chi connectivity index (χ0v) is 18.1. The fourth-order valence-corrected chi connectivity index (χ4v) is 3.82. The molecule has 1 aliphatic heterocycles. The van der Waals surface area contributed by atoms with Crippen LogP contribution in [0.5, 0.6) is 0 Å². The lowest BCUT2D eigenvalue weighted by Crippen LogP contribution is -2.37. The maximum absolute atomic E-state index is 13.1. The molecule has 0 unspecified atom stereocenters. The number of benzene rings is 2. The van der Waals surface area contributed by atoms with Crippen LogP contribution in [0.15, 0.2) is 42.5 Å². The smallest absolute Gasteiger partial charge is 0.252 e. The number of nitrogens with one attached hydrogen (secondary N) is 1. The van der Waals surface area contributed by atoms with Gasteiger partial charge in [-0.15, -0.1) is 0 Å². The molecule has 1 saturated heterocycles. The Kier molecular flexibility index (Phi) is 8.08. The number of hydrogen-bond donors (Lipinski definition) is 1. The highest BCUT2D eigenvalue weighted by Gasteiger charge is 2.19. The molecule has 0 atom stereocenters. The second-order valence-electron chi connectivity index (χ2n) is 7.27. The Labute approximate surface area is 185 Å². The van der Waals surface area contributed by atoms with E-state index in [-0.39, 0.29) is 29.5 Å². The maximum atomic E-state index is 13.1. The normalized spacial score (nSPS) is 15.0. The summed E-state index contributed by atoms with van der Waals surface area (Å²) in [5.74, 6) is -0.912. The molecule has 0 bridgehead atoms. The number of halogens is 3. The minimum atomic E-state index is -0.502. The number of carbonyl (C=O) groups is 2. The molecule has 0 aromatic heterocycles. The number of carbonyl (C=O) groups excluding carboxylic acids is 2. The van der Waals surface area contributed by atoms with Gasteiger partial charge in [0.15, 0.2) is 0 Å². The van der Waals surface area contributed by atoms with Gasteiger partial charge in [-0.1, -0.05) is 35.3 Å². The fraction of sp³-hybridized carbons (Fsp3) is 0.364. The highest BCUT2D eigenvalue weighted by molar-refractivity contribution is 6.33. The van der Waals surface area contributed by atoms with Crippen molar-refractivity contribution < 1.29 is 14.0 Å². The van der Waals surface area contributed by atoms with Crippen molar-refractivity contribution in [2.24, 2.45) is 0 Å². The summed E-state index contributed by atoms with van der Waals surface area (Å²) in [5.41, 5.74) is 1.39. The van der Waals surface area contributed by atoms with E-state index in [9.17, 15) is 14.0 Å². The van der Waals surface area contributed by atoms with Crippen molar-refractivity contribution in [3.05, 3.63) is 69.5 Å². The predicted octanol–water partition coefficient (Wildman–Crippen LogP) is 3.99. The zero-order chi connectivity index (χ0) is 21.5. The summed E-state index contributed by atoms with van der Waals surface area (Å²) in [7, 11) is 0. The molecule has 2 amide bonds. The Balaban J connectivity index is 1.43. The second kappa shape index (κ2) is 10.8. The molecule has 0 radical (unpaired) electrons. The van der Waals surface area contributed by atoms with Crippen LogP contribution in [-0.4, -0.2) is 54.3 Å². The molecule has 1 fully saturated rings. The van der Waals surface area contributed by atoms with E-state index >= 15 is 0 Å². The largest absolute Gasteiger partial charge is 0.351 e. The molecular weight excluding hydrogens is 428 g/mol. The summed E-state index contributed by atoms with van der Waals surface area (Å²) >= 11 is 11.8. The number of hydrogen-bond acceptors (Lipinski definition) is 3. The number of rotatable bonds is 6. The molecule has 1 aliphatic rings. The highest BCUT2D eigenvalue weighted by Crippen LogP contribution is 2.17. The van der Waals surface area contributed by atoms with Gasteiger partial charge in [-0.3, -0.25) is 14.5 Å². The summed E-state index contributed by atoms with van der Waals surface area (Å²) < 4.78 is 13.1. The van der Waals surface area contributed by atoms with Crippen LogP contribution >= 0.6 is 23.2 Å². The zero-order valence-electron chi connectivity index (χ0n) is 16.5. The first-order valence-corrected chi connectivity index (χ1v) is 10.7. The molecule has 2 aromatic rings. The van der Waals surface area contributed by atoms with Gasteiger partial charge in [0.2, 0.25) is 5.91 Å². The molecule has 3 rings (SSSR count). The van der Waals surface area contributed by atoms with Gasteiger partial charge < -0.3 is 10.2 Å². The van der Waals surface area contributed by atoms with Gasteiger partial charge in [-0.25, -0.2) is 4.39 Å². The molecule has 0 spiro atoms. The molecule has 8 heteroatoms. The highest BCUT2D eigenvalue weighted by atomic mass is 35.5. The van der Waals surface area contributed by atoms with Crippen molar-refractivity contribution in [1.29, 1.82) is 0 Å². The molecule has 0 aliphatic carbocycles. The predicted molar refractivity (Wildman–Crippen MR) is 116 cm³/mol. The van der Waals surface area contributed by atoms with Crippen molar-refractivity contribution in [2.45, 2.75) is 19.4 Å². The van der Waals surface area contributed by atoms with Crippen LogP contribution < -0.4 is 5.32 Å². The minimum absolute atomic E-state index is 0.00819. The van der Waals surface area contributed by atoms with Gasteiger partial charge in [-0.2, -0.15) is 0 Å². The quantitative estimate of drug-likeness (QED) is 0.722. The number of nitrogens with zero attached hydrogens (tertiary/aromatic N) is 2. The fourth-order valence-electron chi connectivity index (χ4n) is 3.44. The second-order valence-corrected chi connectivity index (χ2v) is 8.11. The van der Waals surface area contributed by atoms with Gasteiger partial charge in [0.1, 0.15) is 5.82 Å². The van der Waals surface area contributed by atoms with Crippen LogP contribution in [-0.2, 0) is 11.3 Å². The summed E-state index contributed by atoms with van der Waals surface area (Å²) in [6, 6.07) is 11.4. The van der Waals surface area contributed by atoms with Crippen molar-refractivity contribution >= 4 is 35.0 Å². The maximum Gasteiger partial charge on any atom is 0.252 e. The number of amides is 2. The monoisotopic (exact) mass is 451 g/mol. The minimum Gasteiger partial charge on any atom is -0.351 e. The van der Waals surface area contributed by atoms with Gasteiger partial charge in [0, 0.05) is 50.7 Å². The van der Waals surface area contributed by atoms with Crippen LogP contribution in [0.1, 0.15) is 28.8 Å². The van der Waals surface area contributed by atoms with Gasteiger partial charge >= 0.3 is 0 Å². The summed E-state index contributed by atoms with van der Waals surface area (Å²) in [6.45, 7) is 4.11. The Bertz CT molecular complexity index is 892. The van der Waals surface area contributed by atoms with Gasteiger partial charge in [-0.05, 0) is 42.3 Å². The van der Waals surface area contributed by atoms with Crippen LogP contribution in [0.25, 0.3) is 0 Å². The van der Waals surface area contributed by atoms with Crippen LogP contribution in [0.3, 0.4) is 0 Å². The van der Waals surface area contributed by atoms with Crippen molar-refractivity contribution in [3.63, 3.8) is 0 Å². The lowest BCUT2D eigenvalue weighted by atomic mass is 10.2. The SMILES string of the molecule is O=C(NCCC(=O)N1CCCN(Cc2ccc(Cl)cc2)CC1)c1ccc(F)cc1Cl. The molecule has 0 saturated carbocycles.